The fraction of sp³-hybridized carbons (Fsp3) is 0.400. The number of hydrogen-bond donors (Lipinski definition) is 1. The van der Waals surface area contributed by atoms with Crippen LogP contribution in [0.3, 0.4) is 0 Å². The largest absolute Gasteiger partial charge is 0.492 e. The van der Waals surface area contributed by atoms with Gasteiger partial charge in [0.2, 0.25) is 0 Å². The number of carbonyl (C=O) groups is 1. The zero-order valence-electron chi connectivity index (χ0n) is 19.0. The molecule has 2 rings (SSSR count). The van der Waals surface area contributed by atoms with Gasteiger partial charge in [-0.15, -0.1) is 0 Å². The quantitative estimate of drug-likeness (QED) is 0.249. The van der Waals surface area contributed by atoms with Crippen LogP contribution < -0.4 is 10.1 Å². The van der Waals surface area contributed by atoms with Crippen molar-refractivity contribution in [3.8, 4) is 11.8 Å². The number of pyridine rings is 1. The van der Waals surface area contributed by atoms with E-state index in [1.807, 2.05) is 30.3 Å². The van der Waals surface area contributed by atoms with Crippen molar-refractivity contribution in [1.82, 2.24) is 15.2 Å². The van der Waals surface area contributed by atoms with E-state index in [1.165, 1.54) is 6.08 Å². The van der Waals surface area contributed by atoms with Crippen LogP contribution in [0.1, 0.15) is 50.9 Å². The Morgan fingerprint density at radius 2 is 1.94 bits per heavy atom. The Morgan fingerprint density at radius 3 is 2.53 bits per heavy atom. The summed E-state index contributed by atoms with van der Waals surface area (Å²) in [7, 11) is 0. The standard InChI is InChI=1S/C25H31BrN4O2/c1-4-8-23(19-11-13-22(14-12-19)32-16-15-30(5-2)6-3)29-25(31)20(18-27)17-21-9-7-10-24(26)28-21/h7,9-14,17,23H,4-6,8,15-16H2,1-3H3,(H,29,31)/b20-17+. The third-order valence-corrected chi connectivity index (χ3v) is 5.57. The minimum atomic E-state index is -0.410. The van der Waals surface area contributed by atoms with Crippen molar-refractivity contribution in [3.63, 3.8) is 0 Å². The molecule has 0 aliphatic heterocycles. The van der Waals surface area contributed by atoms with Gasteiger partial charge in [0.25, 0.3) is 5.91 Å². The van der Waals surface area contributed by atoms with Gasteiger partial charge in [0.05, 0.1) is 11.7 Å². The first-order valence-corrected chi connectivity index (χ1v) is 11.8. The van der Waals surface area contributed by atoms with Crippen LogP contribution in [0, 0.1) is 11.3 Å². The number of ether oxygens (including phenoxy) is 1. The number of nitrogens with zero attached hydrogens (tertiary/aromatic N) is 3. The van der Waals surface area contributed by atoms with Gasteiger partial charge in [0.1, 0.15) is 28.6 Å². The van der Waals surface area contributed by atoms with Gasteiger partial charge >= 0.3 is 0 Å². The molecule has 0 fully saturated rings. The van der Waals surface area contributed by atoms with E-state index >= 15 is 0 Å². The van der Waals surface area contributed by atoms with Gasteiger partial charge < -0.3 is 15.0 Å². The fourth-order valence-electron chi connectivity index (χ4n) is 3.28. The molecule has 32 heavy (non-hydrogen) atoms. The second-order valence-electron chi connectivity index (χ2n) is 7.31. The fourth-order valence-corrected chi connectivity index (χ4v) is 3.63. The number of nitrogens with one attached hydrogen (secondary N) is 1. The highest BCUT2D eigenvalue weighted by atomic mass is 79.9. The second-order valence-corrected chi connectivity index (χ2v) is 8.13. The average molecular weight is 499 g/mol. The number of rotatable bonds is 12. The Bertz CT molecular complexity index is 934. The predicted octanol–water partition coefficient (Wildman–Crippen LogP) is 5.13. The van der Waals surface area contributed by atoms with Crippen molar-refractivity contribution in [2.45, 2.75) is 39.7 Å². The third-order valence-electron chi connectivity index (χ3n) is 5.13. The van der Waals surface area contributed by atoms with Crippen molar-refractivity contribution < 1.29 is 9.53 Å². The smallest absolute Gasteiger partial charge is 0.262 e. The van der Waals surface area contributed by atoms with Gasteiger partial charge in [0.15, 0.2) is 0 Å². The van der Waals surface area contributed by atoms with Crippen molar-refractivity contribution >= 4 is 27.9 Å². The second kappa shape index (κ2) is 13.7. The highest BCUT2D eigenvalue weighted by molar-refractivity contribution is 9.10. The lowest BCUT2D eigenvalue weighted by Gasteiger charge is -2.20. The molecule has 2 aromatic rings. The Labute approximate surface area is 199 Å². The molecule has 1 aromatic carbocycles. The van der Waals surface area contributed by atoms with Crippen LogP contribution in [0.15, 0.2) is 52.6 Å². The number of halogens is 1. The Balaban J connectivity index is 2.05. The molecule has 1 N–H and O–H groups in total. The Morgan fingerprint density at radius 1 is 1.22 bits per heavy atom. The SMILES string of the molecule is CCCC(NC(=O)/C(C#N)=C/c1cccc(Br)n1)c1ccc(OCCN(CC)CC)cc1. The molecule has 1 unspecified atom stereocenters. The molecule has 1 atom stereocenters. The van der Waals surface area contributed by atoms with E-state index in [1.54, 1.807) is 18.2 Å². The number of benzene rings is 1. The lowest BCUT2D eigenvalue weighted by molar-refractivity contribution is -0.117. The van der Waals surface area contributed by atoms with Gasteiger partial charge in [-0.25, -0.2) is 4.98 Å². The first kappa shape index (κ1) is 25.6. The summed E-state index contributed by atoms with van der Waals surface area (Å²) in [4.78, 5) is 19.4. The van der Waals surface area contributed by atoms with E-state index in [2.05, 4.69) is 51.9 Å². The third kappa shape index (κ3) is 8.10. The van der Waals surface area contributed by atoms with Crippen LogP contribution in [-0.4, -0.2) is 42.0 Å². The zero-order valence-corrected chi connectivity index (χ0v) is 20.6. The highest BCUT2D eigenvalue weighted by Gasteiger charge is 2.17. The van der Waals surface area contributed by atoms with Crippen molar-refractivity contribution in [3.05, 3.63) is 63.9 Å². The molecule has 170 valence electrons. The van der Waals surface area contributed by atoms with Crippen LogP contribution in [0.4, 0.5) is 0 Å². The summed E-state index contributed by atoms with van der Waals surface area (Å²) < 4.78 is 6.50. The number of carbonyl (C=O) groups excluding carboxylic acids is 1. The molecule has 1 amide bonds. The summed E-state index contributed by atoms with van der Waals surface area (Å²) in [5.74, 6) is 0.396. The number of likely N-dealkylation sites (N-methyl/N-ethyl adjacent to an activating group) is 1. The molecule has 6 nitrogen and oxygen atoms in total. The van der Waals surface area contributed by atoms with Crippen LogP contribution in [-0.2, 0) is 4.79 Å². The molecule has 1 heterocycles. The summed E-state index contributed by atoms with van der Waals surface area (Å²) >= 11 is 3.30. The van der Waals surface area contributed by atoms with Crippen molar-refractivity contribution in [2.24, 2.45) is 0 Å². The Hall–Kier alpha value is -2.69. The van der Waals surface area contributed by atoms with E-state index in [4.69, 9.17) is 4.74 Å². The van der Waals surface area contributed by atoms with Gasteiger partial charge in [-0.05, 0) is 71.3 Å². The van der Waals surface area contributed by atoms with Crippen LogP contribution in [0.2, 0.25) is 0 Å². The molecule has 0 aliphatic carbocycles. The molecule has 1 aromatic heterocycles. The molecule has 7 heteroatoms. The maximum Gasteiger partial charge on any atom is 0.262 e. The number of hydrogen-bond acceptors (Lipinski definition) is 5. The summed E-state index contributed by atoms with van der Waals surface area (Å²) in [5, 5.41) is 12.5. The molecule has 0 bridgehead atoms. The minimum absolute atomic E-state index is 0.0214. The first-order valence-electron chi connectivity index (χ1n) is 11.0. The molecule has 0 aliphatic rings. The topological polar surface area (TPSA) is 78.2 Å². The molecule has 0 spiro atoms. The van der Waals surface area contributed by atoms with Crippen LogP contribution >= 0.6 is 15.9 Å². The first-order chi connectivity index (χ1) is 15.5. The normalized spacial score (nSPS) is 12.3. The van der Waals surface area contributed by atoms with Crippen LogP contribution in [0.5, 0.6) is 5.75 Å². The monoisotopic (exact) mass is 498 g/mol. The van der Waals surface area contributed by atoms with Gasteiger partial charge in [0, 0.05) is 6.54 Å². The number of aromatic nitrogens is 1. The molecule has 0 saturated heterocycles. The molecule has 0 radical (unpaired) electrons. The minimum Gasteiger partial charge on any atom is -0.492 e. The predicted molar refractivity (Wildman–Crippen MR) is 131 cm³/mol. The summed E-state index contributed by atoms with van der Waals surface area (Å²) in [6.45, 7) is 9.89. The van der Waals surface area contributed by atoms with Gasteiger partial charge in [-0.3, -0.25) is 4.79 Å². The van der Waals surface area contributed by atoms with E-state index in [9.17, 15) is 10.1 Å². The summed E-state index contributed by atoms with van der Waals surface area (Å²) in [5.41, 5.74) is 1.55. The van der Waals surface area contributed by atoms with E-state index in [-0.39, 0.29) is 11.6 Å². The van der Waals surface area contributed by atoms with Gasteiger partial charge in [-0.2, -0.15) is 5.26 Å². The maximum atomic E-state index is 12.8. The number of nitriles is 1. The highest BCUT2D eigenvalue weighted by Crippen LogP contribution is 2.22. The lowest BCUT2D eigenvalue weighted by atomic mass is 10.0. The summed E-state index contributed by atoms with van der Waals surface area (Å²) in [6, 6.07) is 14.9. The molecule has 0 saturated carbocycles. The van der Waals surface area contributed by atoms with E-state index < -0.39 is 5.91 Å². The Kier molecular flexibility index (Phi) is 10.9. The molecular weight excluding hydrogens is 468 g/mol. The van der Waals surface area contributed by atoms with Crippen molar-refractivity contribution in [1.29, 1.82) is 5.26 Å². The molecular formula is C25H31BrN4O2. The average Bonchev–Trinajstić information content (AvgIpc) is 2.80. The van der Waals surface area contributed by atoms with Crippen molar-refractivity contribution in [2.75, 3.05) is 26.2 Å². The lowest BCUT2D eigenvalue weighted by Crippen LogP contribution is -2.29. The zero-order chi connectivity index (χ0) is 23.3. The maximum absolute atomic E-state index is 12.8. The van der Waals surface area contributed by atoms with Gasteiger partial charge in [-0.1, -0.05) is 45.4 Å². The number of amides is 1. The van der Waals surface area contributed by atoms with E-state index in [0.717, 1.165) is 43.8 Å². The van der Waals surface area contributed by atoms with E-state index in [0.29, 0.717) is 16.9 Å². The summed E-state index contributed by atoms with van der Waals surface area (Å²) in [6.07, 6.45) is 3.16. The van der Waals surface area contributed by atoms with Crippen LogP contribution in [0.25, 0.3) is 6.08 Å².